The lowest BCUT2D eigenvalue weighted by Gasteiger charge is -2.25. The average Bonchev–Trinajstić information content (AvgIpc) is 3.08. The first kappa shape index (κ1) is 35.9. The number of aryl methyl sites for hydroxylation is 7. The van der Waals surface area contributed by atoms with Gasteiger partial charge >= 0.3 is 0 Å². The minimum Gasteiger partial charge on any atom is -0.508 e. The summed E-state index contributed by atoms with van der Waals surface area (Å²) >= 11 is 0. The first-order valence-electron chi connectivity index (χ1n) is 17.5. The number of hydrogen-bond donors (Lipinski definition) is 6. The predicted octanol–water partition coefficient (Wildman–Crippen LogP) is 10.0. The van der Waals surface area contributed by atoms with Crippen molar-refractivity contribution in [1.29, 1.82) is 0 Å². The fourth-order valence-electron chi connectivity index (χ4n) is 7.41. The lowest BCUT2D eigenvalue weighted by atomic mass is 9.79. The maximum Gasteiger partial charge on any atom is 0.120 e. The molecule has 0 fully saturated rings. The second-order valence-corrected chi connectivity index (χ2v) is 14.4. The molecular weight excluding hydrogens is 649 g/mol. The Bertz CT molecular complexity index is 2280. The van der Waals surface area contributed by atoms with Crippen molar-refractivity contribution in [1.82, 2.24) is 0 Å². The molecule has 0 aliphatic rings. The fourth-order valence-corrected chi connectivity index (χ4v) is 7.41. The van der Waals surface area contributed by atoms with Gasteiger partial charge in [0, 0.05) is 23.0 Å². The molecule has 0 spiro atoms. The van der Waals surface area contributed by atoms with Crippen LogP contribution in [0.15, 0.2) is 91.0 Å². The molecule has 6 heteroatoms. The van der Waals surface area contributed by atoms with Crippen LogP contribution in [0.3, 0.4) is 0 Å². The molecule has 52 heavy (non-hydrogen) atoms. The number of aromatic hydroxyl groups is 6. The van der Waals surface area contributed by atoms with Gasteiger partial charge in [0.1, 0.15) is 34.5 Å². The van der Waals surface area contributed by atoms with Crippen molar-refractivity contribution in [3.05, 3.63) is 174 Å². The van der Waals surface area contributed by atoms with Gasteiger partial charge in [-0.25, -0.2) is 0 Å². The van der Waals surface area contributed by atoms with E-state index in [9.17, 15) is 30.6 Å². The van der Waals surface area contributed by atoms with E-state index in [1.54, 1.807) is 36.4 Å². The summed E-state index contributed by atoms with van der Waals surface area (Å²) in [5, 5.41) is 64.7. The summed E-state index contributed by atoms with van der Waals surface area (Å²) < 4.78 is 0. The molecule has 1 atom stereocenters. The van der Waals surface area contributed by atoms with Gasteiger partial charge in [0.15, 0.2) is 0 Å². The van der Waals surface area contributed by atoms with Crippen LogP contribution in [0.25, 0.3) is 0 Å². The van der Waals surface area contributed by atoms with Crippen molar-refractivity contribution >= 4 is 0 Å². The molecule has 0 amide bonds. The van der Waals surface area contributed by atoms with Crippen LogP contribution < -0.4 is 0 Å². The number of benzene rings is 6. The molecule has 6 N–H and O–H groups in total. The monoisotopic (exact) mass is 694 g/mol. The summed E-state index contributed by atoms with van der Waals surface area (Å²) in [6.45, 7) is 13.2. The van der Waals surface area contributed by atoms with Crippen molar-refractivity contribution < 1.29 is 30.6 Å². The van der Waals surface area contributed by atoms with Crippen LogP contribution in [0.2, 0.25) is 0 Å². The molecule has 6 aromatic rings. The zero-order valence-corrected chi connectivity index (χ0v) is 30.7. The molecule has 0 saturated carbocycles. The summed E-state index contributed by atoms with van der Waals surface area (Å²) in [4.78, 5) is 0. The Morgan fingerprint density at radius 1 is 0.327 bits per heavy atom. The first-order valence-corrected chi connectivity index (χ1v) is 17.5. The van der Waals surface area contributed by atoms with E-state index >= 15 is 0 Å². The molecule has 0 heterocycles. The van der Waals surface area contributed by atoms with Crippen molar-refractivity contribution in [2.75, 3.05) is 0 Å². The summed E-state index contributed by atoms with van der Waals surface area (Å²) in [6, 6.07) is 27.9. The summed E-state index contributed by atoms with van der Waals surface area (Å²) in [6.07, 6.45) is 0.460. The number of phenols is 6. The average molecular weight is 695 g/mol. The summed E-state index contributed by atoms with van der Waals surface area (Å²) in [5.74, 6) is 0.368. The highest BCUT2D eigenvalue weighted by atomic mass is 16.3. The third-order valence-corrected chi connectivity index (χ3v) is 10.5. The molecular formula is C46H46O6. The Labute approximate surface area is 305 Å². The summed E-state index contributed by atoms with van der Waals surface area (Å²) in [7, 11) is 0. The standard InChI is InChI=1S/C46H46O6/c1-24-18-40(48)28(5)15-36(24)45(33-10-13-39(47)27(4)14-33)34-11-8-31(22-43(34)51)21-32-9-12-35(44(52)23-32)46(37-16-29(6)41(49)19-25(37)2)38-17-30(7)42(50)20-26(38)3/h8-20,22-23,45-52H,21H2,1-7H3. The maximum absolute atomic E-state index is 11.6. The van der Waals surface area contributed by atoms with Gasteiger partial charge < -0.3 is 30.6 Å². The highest BCUT2D eigenvalue weighted by Crippen LogP contribution is 2.44. The van der Waals surface area contributed by atoms with E-state index in [2.05, 4.69) is 0 Å². The molecule has 0 bridgehead atoms. The van der Waals surface area contributed by atoms with Gasteiger partial charge in [0.2, 0.25) is 0 Å². The molecule has 266 valence electrons. The van der Waals surface area contributed by atoms with Crippen LogP contribution in [0, 0.1) is 48.5 Å². The zero-order valence-electron chi connectivity index (χ0n) is 30.7. The Morgan fingerprint density at radius 2 is 0.712 bits per heavy atom. The SMILES string of the molecule is Cc1cc(C(c2cc(C)c(O)cc2C)c2ccc(Cc3ccc(C(c4cc(C)c(O)cc4C)c4cc(C)c(O)cc4C)c(O)c3)cc2O)ccc1O. The van der Waals surface area contributed by atoms with E-state index in [0.29, 0.717) is 17.5 Å². The van der Waals surface area contributed by atoms with Crippen LogP contribution in [0.4, 0.5) is 0 Å². The smallest absolute Gasteiger partial charge is 0.120 e. The topological polar surface area (TPSA) is 121 Å². The molecule has 1 unspecified atom stereocenters. The third kappa shape index (κ3) is 6.89. The minimum absolute atomic E-state index is 0.121. The summed E-state index contributed by atoms with van der Waals surface area (Å²) in [5.41, 5.74) is 12.4. The van der Waals surface area contributed by atoms with Gasteiger partial charge in [0.05, 0.1) is 0 Å². The highest BCUT2D eigenvalue weighted by molar-refractivity contribution is 5.59. The largest absolute Gasteiger partial charge is 0.508 e. The highest BCUT2D eigenvalue weighted by Gasteiger charge is 2.26. The van der Waals surface area contributed by atoms with Crippen molar-refractivity contribution in [2.45, 2.75) is 66.7 Å². The number of rotatable bonds is 8. The van der Waals surface area contributed by atoms with Crippen LogP contribution >= 0.6 is 0 Å². The second-order valence-electron chi connectivity index (χ2n) is 14.4. The Kier molecular flexibility index (Phi) is 9.69. The van der Waals surface area contributed by atoms with E-state index in [0.717, 1.165) is 72.3 Å². The van der Waals surface area contributed by atoms with E-state index in [-0.39, 0.29) is 46.3 Å². The van der Waals surface area contributed by atoms with E-state index in [1.165, 1.54) is 0 Å². The number of hydrogen-bond acceptors (Lipinski definition) is 6. The quantitative estimate of drug-likeness (QED) is 0.0883. The molecule has 0 aliphatic carbocycles. The van der Waals surface area contributed by atoms with E-state index < -0.39 is 0 Å². The van der Waals surface area contributed by atoms with Gasteiger partial charge in [-0.2, -0.15) is 0 Å². The van der Waals surface area contributed by atoms with Gasteiger partial charge in [-0.1, -0.05) is 54.6 Å². The minimum atomic E-state index is -0.358. The maximum atomic E-state index is 11.6. The lowest BCUT2D eigenvalue weighted by Crippen LogP contribution is -2.09. The van der Waals surface area contributed by atoms with Gasteiger partial charge in [-0.15, -0.1) is 0 Å². The predicted molar refractivity (Wildman–Crippen MR) is 206 cm³/mol. The second kappa shape index (κ2) is 14.0. The van der Waals surface area contributed by atoms with Gasteiger partial charge in [-0.05, 0) is 164 Å². The Balaban J connectivity index is 1.38. The molecule has 6 nitrogen and oxygen atoms in total. The van der Waals surface area contributed by atoms with Crippen molar-refractivity contribution in [3.8, 4) is 34.5 Å². The van der Waals surface area contributed by atoms with Crippen LogP contribution in [0.5, 0.6) is 34.5 Å². The number of phenolic OH excluding ortho intramolecular Hbond substituents is 6. The van der Waals surface area contributed by atoms with Gasteiger partial charge in [-0.3, -0.25) is 0 Å². The molecule has 0 aliphatic heterocycles. The fraction of sp³-hybridized carbons (Fsp3) is 0.217. The molecule has 6 rings (SSSR count). The first-order chi connectivity index (χ1) is 24.6. The molecule has 0 aromatic heterocycles. The van der Waals surface area contributed by atoms with Gasteiger partial charge in [0.25, 0.3) is 0 Å². The normalized spacial score (nSPS) is 12.0. The third-order valence-electron chi connectivity index (χ3n) is 10.5. The Morgan fingerprint density at radius 3 is 1.12 bits per heavy atom. The van der Waals surface area contributed by atoms with Crippen LogP contribution in [-0.2, 0) is 6.42 Å². The molecule has 0 saturated heterocycles. The Hall–Kier alpha value is -5.88. The zero-order chi connectivity index (χ0) is 37.6. The van der Waals surface area contributed by atoms with E-state index in [1.807, 2.05) is 103 Å². The molecule has 6 aromatic carbocycles. The van der Waals surface area contributed by atoms with Crippen LogP contribution in [-0.4, -0.2) is 30.6 Å². The van der Waals surface area contributed by atoms with Crippen molar-refractivity contribution in [3.63, 3.8) is 0 Å². The van der Waals surface area contributed by atoms with E-state index in [4.69, 9.17) is 0 Å². The molecule has 0 radical (unpaired) electrons. The lowest BCUT2D eigenvalue weighted by molar-refractivity contribution is 0.465. The van der Waals surface area contributed by atoms with Crippen LogP contribution in [0.1, 0.15) is 95.3 Å². The van der Waals surface area contributed by atoms with Crippen molar-refractivity contribution in [2.24, 2.45) is 0 Å².